The number of carbonyl (C=O) groups excluding carboxylic acids is 2. The van der Waals surface area contributed by atoms with Crippen LogP contribution in [0.1, 0.15) is 12.0 Å². The fourth-order valence-corrected chi connectivity index (χ4v) is 5.15. The average molecular weight is 594 g/mol. The molecule has 0 bridgehead atoms. The van der Waals surface area contributed by atoms with E-state index in [-0.39, 0.29) is 42.7 Å². The van der Waals surface area contributed by atoms with Gasteiger partial charge in [-0.25, -0.2) is 14.8 Å². The summed E-state index contributed by atoms with van der Waals surface area (Å²) in [7, 11) is 3.43. The molecule has 4 heterocycles. The third-order valence-electron chi connectivity index (χ3n) is 7.29. The number of methoxy groups -OCH3 is 1. The molecule has 0 unspecified atom stereocenters. The van der Waals surface area contributed by atoms with Gasteiger partial charge in [-0.2, -0.15) is 0 Å². The van der Waals surface area contributed by atoms with E-state index in [4.69, 9.17) is 4.74 Å². The number of rotatable bonds is 9. The van der Waals surface area contributed by atoms with Gasteiger partial charge in [0.1, 0.15) is 11.4 Å². The maximum absolute atomic E-state index is 12.4. The van der Waals surface area contributed by atoms with E-state index in [9.17, 15) is 19.7 Å². The lowest BCUT2D eigenvalue weighted by Gasteiger charge is -2.28. The van der Waals surface area contributed by atoms with Crippen LogP contribution < -0.4 is 25.6 Å². The zero-order chi connectivity index (χ0) is 30.8. The summed E-state index contributed by atoms with van der Waals surface area (Å²) < 4.78 is 7.60. The Morgan fingerprint density at radius 3 is 2.75 bits per heavy atom. The summed E-state index contributed by atoms with van der Waals surface area (Å²) in [5.41, 5.74) is 4.10. The highest BCUT2D eigenvalue weighted by Gasteiger charge is 2.27. The number of aromatic nitrogens is 4. The Morgan fingerprint density at radius 2 is 1.95 bits per heavy atom. The summed E-state index contributed by atoms with van der Waals surface area (Å²) in [4.78, 5) is 50.2. The molecule has 0 atom stereocenters. The predicted molar refractivity (Wildman–Crippen MR) is 164 cm³/mol. The molecule has 222 valence electrons. The zero-order valence-corrected chi connectivity index (χ0v) is 23.8. The van der Waals surface area contributed by atoms with Crippen molar-refractivity contribution >= 4 is 51.5 Å². The van der Waals surface area contributed by atoms with Crippen LogP contribution in [0.5, 0.6) is 5.75 Å². The van der Waals surface area contributed by atoms with Gasteiger partial charge in [0, 0.05) is 73.7 Å². The van der Waals surface area contributed by atoms with E-state index >= 15 is 0 Å². The number of anilines is 4. The van der Waals surface area contributed by atoms with Crippen molar-refractivity contribution in [1.82, 2.24) is 24.8 Å². The largest absolute Gasteiger partial charge is 0.494 e. The van der Waals surface area contributed by atoms with Crippen LogP contribution in [0.25, 0.3) is 22.2 Å². The second-order valence-electron chi connectivity index (χ2n) is 10.0. The zero-order valence-electron chi connectivity index (χ0n) is 23.8. The monoisotopic (exact) mass is 593 g/mol. The fourth-order valence-electron chi connectivity index (χ4n) is 5.15. The van der Waals surface area contributed by atoms with Crippen molar-refractivity contribution in [2.45, 2.75) is 13.0 Å². The third-order valence-corrected chi connectivity index (χ3v) is 7.29. The molecule has 0 aliphatic carbocycles. The molecule has 0 saturated carbocycles. The highest BCUT2D eigenvalue weighted by Crippen LogP contribution is 2.38. The number of nitro benzene ring substituents is 1. The summed E-state index contributed by atoms with van der Waals surface area (Å²) in [6.07, 6.45) is 6.84. The molecule has 1 saturated heterocycles. The Labute approximate surface area is 250 Å². The molecule has 14 nitrogen and oxygen atoms in total. The first-order valence-electron chi connectivity index (χ1n) is 13.6. The smallest absolute Gasteiger partial charge is 0.328 e. The van der Waals surface area contributed by atoms with Gasteiger partial charge in [-0.15, -0.1) is 0 Å². The first-order valence-corrected chi connectivity index (χ1v) is 13.6. The molecule has 1 fully saturated rings. The molecule has 2 aromatic carbocycles. The number of nitrogens with zero attached hydrogens (tertiary/aromatic N) is 6. The molecule has 3 amide bonds. The van der Waals surface area contributed by atoms with Gasteiger partial charge in [-0.3, -0.25) is 30.1 Å². The molecular formula is C30H27N9O5. The number of imide groups is 1. The third kappa shape index (κ3) is 5.43. The van der Waals surface area contributed by atoms with Gasteiger partial charge in [-0.1, -0.05) is 18.2 Å². The van der Waals surface area contributed by atoms with Crippen LogP contribution in [-0.2, 0) is 18.4 Å². The molecular weight excluding hydrogens is 566 g/mol. The summed E-state index contributed by atoms with van der Waals surface area (Å²) in [5, 5.41) is 21.6. The van der Waals surface area contributed by atoms with Crippen molar-refractivity contribution in [2.75, 3.05) is 29.2 Å². The van der Waals surface area contributed by atoms with Crippen molar-refractivity contribution in [2.24, 2.45) is 7.05 Å². The highest BCUT2D eigenvalue weighted by molar-refractivity contribution is 6.05. The average Bonchev–Trinajstić information content (AvgIpc) is 3.37. The van der Waals surface area contributed by atoms with Gasteiger partial charge in [-0.05, 0) is 23.8 Å². The van der Waals surface area contributed by atoms with Gasteiger partial charge < -0.3 is 19.9 Å². The van der Waals surface area contributed by atoms with E-state index in [1.54, 1.807) is 24.5 Å². The Kier molecular flexibility index (Phi) is 7.45. The first kappa shape index (κ1) is 28.1. The van der Waals surface area contributed by atoms with E-state index in [1.165, 1.54) is 30.3 Å². The Hall–Kier alpha value is -6.05. The Morgan fingerprint density at radius 1 is 1.11 bits per heavy atom. The number of benzene rings is 2. The number of hydrogen-bond acceptors (Lipinski definition) is 10. The first-order chi connectivity index (χ1) is 21.3. The minimum absolute atomic E-state index is 0.128. The van der Waals surface area contributed by atoms with Crippen molar-refractivity contribution in [3.05, 3.63) is 89.0 Å². The normalized spacial score (nSPS) is 13.1. The Balaban J connectivity index is 1.27. The van der Waals surface area contributed by atoms with E-state index in [0.29, 0.717) is 28.4 Å². The number of hydrogen-bond donors (Lipinski definition) is 3. The van der Waals surface area contributed by atoms with E-state index in [1.807, 2.05) is 42.1 Å². The number of ether oxygens (including phenoxy) is 1. The SMILES string of the molecule is COc1cc(NCc2ccncc2N2CCC(=O)NC2=O)c([N+](=O)[O-])cc1Nc1nccc(-c2cn(C)c3ccccc23)n1. The van der Waals surface area contributed by atoms with Gasteiger partial charge in [0.2, 0.25) is 11.9 Å². The number of para-hydroxylation sites is 1. The number of aryl methyl sites for hydroxylation is 1. The minimum Gasteiger partial charge on any atom is -0.494 e. The van der Waals surface area contributed by atoms with Crippen LogP contribution in [0.15, 0.2) is 73.3 Å². The van der Waals surface area contributed by atoms with E-state index in [0.717, 1.165) is 16.5 Å². The number of pyridine rings is 1. The van der Waals surface area contributed by atoms with Crippen LogP contribution >= 0.6 is 0 Å². The van der Waals surface area contributed by atoms with Gasteiger partial charge in [0.05, 0.1) is 35.3 Å². The van der Waals surface area contributed by atoms with Gasteiger partial charge >= 0.3 is 6.03 Å². The van der Waals surface area contributed by atoms with E-state index in [2.05, 4.69) is 30.9 Å². The molecule has 1 aliphatic rings. The van der Waals surface area contributed by atoms with Crippen LogP contribution in [0.4, 0.5) is 33.5 Å². The Bertz CT molecular complexity index is 1920. The number of urea groups is 1. The lowest BCUT2D eigenvalue weighted by atomic mass is 10.1. The molecule has 3 N–H and O–H groups in total. The molecule has 0 spiro atoms. The maximum Gasteiger partial charge on any atom is 0.328 e. The number of carbonyl (C=O) groups is 2. The molecule has 0 radical (unpaired) electrons. The second kappa shape index (κ2) is 11.7. The summed E-state index contributed by atoms with van der Waals surface area (Å²) in [6, 6.07) is 13.8. The second-order valence-corrected chi connectivity index (χ2v) is 10.0. The number of amides is 3. The topological polar surface area (TPSA) is 169 Å². The van der Waals surface area contributed by atoms with Crippen LogP contribution in [0.2, 0.25) is 0 Å². The molecule has 5 aromatic rings. The van der Waals surface area contributed by atoms with Gasteiger partial charge in [0.15, 0.2) is 0 Å². The maximum atomic E-state index is 12.4. The number of nitro groups is 1. The van der Waals surface area contributed by atoms with Crippen molar-refractivity contribution in [3.8, 4) is 17.0 Å². The van der Waals surface area contributed by atoms with Crippen molar-refractivity contribution in [3.63, 3.8) is 0 Å². The van der Waals surface area contributed by atoms with Crippen molar-refractivity contribution in [1.29, 1.82) is 0 Å². The lowest BCUT2D eigenvalue weighted by Crippen LogP contribution is -2.50. The fraction of sp³-hybridized carbons (Fsp3) is 0.167. The number of fused-ring (bicyclic) bond motifs is 1. The quantitative estimate of drug-likeness (QED) is 0.160. The minimum atomic E-state index is -0.551. The molecule has 44 heavy (non-hydrogen) atoms. The summed E-state index contributed by atoms with van der Waals surface area (Å²) >= 11 is 0. The summed E-state index contributed by atoms with van der Waals surface area (Å²) in [5.74, 6) is 0.210. The predicted octanol–water partition coefficient (Wildman–Crippen LogP) is 4.75. The van der Waals surface area contributed by atoms with Crippen LogP contribution in [0.3, 0.4) is 0 Å². The van der Waals surface area contributed by atoms with Gasteiger partial charge in [0.25, 0.3) is 5.69 Å². The summed E-state index contributed by atoms with van der Waals surface area (Å²) in [6.45, 7) is 0.323. The standard InChI is InChI=1S/C30H27N9O5/c1-37-17-20(19-5-3-4-6-24(19)37)21-8-11-32-29(34-21)35-23-13-25(39(42)43)22(14-27(23)44-2)33-15-18-7-10-31-16-26(18)38-12-9-28(40)36-30(38)41/h3-8,10-11,13-14,16-17,33H,9,12,15H2,1-2H3,(H,32,34,35)(H,36,40,41). The highest BCUT2D eigenvalue weighted by atomic mass is 16.6. The molecule has 3 aromatic heterocycles. The van der Waals surface area contributed by atoms with Crippen molar-refractivity contribution < 1.29 is 19.2 Å². The number of nitrogens with one attached hydrogen (secondary N) is 3. The van der Waals surface area contributed by atoms with Crippen LogP contribution in [-0.4, -0.2) is 50.0 Å². The molecule has 14 heteroatoms. The molecule has 6 rings (SSSR count). The van der Waals surface area contributed by atoms with E-state index < -0.39 is 11.0 Å². The lowest BCUT2D eigenvalue weighted by molar-refractivity contribution is -0.383. The molecule has 1 aliphatic heterocycles. The van der Waals surface area contributed by atoms with Crippen LogP contribution in [0, 0.1) is 10.1 Å².